The van der Waals surface area contributed by atoms with Gasteiger partial charge in [0.2, 0.25) is 10.0 Å². The first-order valence-electron chi connectivity index (χ1n) is 14.5. The summed E-state index contributed by atoms with van der Waals surface area (Å²) in [6, 6.07) is 10.0. The average molecular weight is 574 g/mol. The topological polar surface area (TPSA) is 115 Å². The summed E-state index contributed by atoms with van der Waals surface area (Å²) in [6.45, 7) is 7.88. The highest BCUT2D eigenvalue weighted by Gasteiger charge is 2.42. The quantitative estimate of drug-likeness (QED) is 0.467. The molecule has 1 aromatic heterocycles. The number of carbonyl (C=O) groups is 1. The van der Waals surface area contributed by atoms with Crippen LogP contribution in [-0.2, 0) is 10.0 Å². The first-order valence-corrected chi connectivity index (χ1v) is 16.4. The van der Waals surface area contributed by atoms with Crippen LogP contribution in [0.15, 0.2) is 35.1 Å². The Labute approximate surface area is 237 Å². The molecule has 3 aliphatic heterocycles. The van der Waals surface area contributed by atoms with Crippen LogP contribution in [0.5, 0.6) is 0 Å². The van der Waals surface area contributed by atoms with Gasteiger partial charge in [-0.3, -0.25) is 14.5 Å². The molecule has 10 nitrogen and oxygen atoms in total. The Morgan fingerprint density at radius 2 is 1.70 bits per heavy atom. The number of piperazine rings is 1. The number of para-hydroxylation sites is 1. The van der Waals surface area contributed by atoms with E-state index in [1.54, 1.807) is 10.6 Å². The maximum atomic E-state index is 13.4. The highest BCUT2D eigenvalue weighted by molar-refractivity contribution is 7.88. The monoisotopic (exact) mass is 573 g/mol. The molecule has 3 atom stereocenters. The number of nitrogens with zero attached hydrogens (tertiary/aromatic N) is 4. The predicted molar refractivity (Wildman–Crippen MR) is 156 cm³/mol. The van der Waals surface area contributed by atoms with Crippen molar-refractivity contribution in [3.63, 3.8) is 0 Å². The number of aliphatic hydroxyl groups excluding tert-OH is 1. The molecular formula is C29H43N5O5S. The minimum Gasteiger partial charge on any atom is -0.396 e. The number of nitrogens with one attached hydrogen (secondary N) is 1. The first-order chi connectivity index (χ1) is 19.0. The molecule has 2 N–H and O–H groups in total. The molecule has 0 radical (unpaired) electrons. The van der Waals surface area contributed by atoms with E-state index in [2.05, 4.69) is 15.1 Å². The standard InChI is InChI=1S/C29H43N5O5S/c1-20(2)34-27-7-5-4-6-22(27)14-26(29(34)37)28(36)30-23-15-24-8-9-25(16-23)33(24)18-21(19-35)17-31-10-12-32(13-11-31)40(3,38)39/h4-7,14,20-21,23-25,35H,8-13,15-19H2,1-3H3,(H,30,36)/t21?,24-,25-/m0/s1. The minimum atomic E-state index is -3.16. The van der Waals surface area contributed by atoms with Gasteiger partial charge < -0.3 is 19.9 Å². The summed E-state index contributed by atoms with van der Waals surface area (Å²) in [6.07, 6.45) is 5.06. The lowest BCUT2D eigenvalue weighted by atomic mass is 9.95. The van der Waals surface area contributed by atoms with Crippen molar-refractivity contribution < 1.29 is 18.3 Å². The molecular weight excluding hydrogens is 530 g/mol. The van der Waals surface area contributed by atoms with Crippen LogP contribution in [0.1, 0.15) is 55.9 Å². The number of amides is 1. The number of hydrogen-bond donors (Lipinski definition) is 2. The SMILES string of the molecule is CC(C)n1c(=O)c(C(=O)NC2C[C@@H]3CC[C@@H](C2)N3CC(CO)CN2CCN(S(C)(=O)=O)CC2)cc2ccccc21. The fourth-order valence-electron chi connectivity index (χ4n) is 6.99. The zero-order chi connectivity index (χ0) is 28.6. The Hall–Kier alpha value is -2.31. The van der Waals surface area contributed by atoms with Crippen molar-refractivity contribution in [3.05, 3.63) is 46.2 Å². The van der Waals surface area contributed by atoms with E-state index in [0.717, 1.165) is 49.7 Å². The molecule has 220 valence electrons. The van der Waals surface area contributed by atoms with Crippen LogP contribution in [0.25, 0.3) is 10.9 Å². The van der Waals surface area contributed by atoms with Gasteiger partial charge in [0.25, 0.3) is 11.5 Å². The molecule has 4 heterocycles. The zero-order valence-electron chi connectivity index (χ0n) is 23.8. The van der Waals surface area contributed by atoms with Gasteiger partial charge in [0, 0.05) is 76.0 Å². The lowest BCUT2D eigenvalue weighted by Crippen LogP contribution is -2.54. The molecule has 1 amide bonds. The smallest absolute Gasteiger partial charge is 0.264 e. The summed E-state index contributed by atoms with van der Waals surface area (Å²) in [5.74, 6) is -0.212. The highest BCUT2D eigenvalue weighted by atomic mass is 32.2. The van der Waals surface area contributed by atoms with E-state index in [9.17, 15) is 23.1 Å². The van der Waals surface area contributed by atoms with Crippen molar-refractivity contribution >= 4 is 26.8 Å². The molecule has 11 heteroatoms. The number of aromatic nitrogens is 1. The van der Waals surface area contributed by atoms with E-state index >= 15 is 0 Å². The van der Waals surface area contributed by atoms with Gasteiger partial charge in [-0.25, -0.2) is 8.42 Å². The molecule has 0 saturated carbocycles. The molecule has 5 rings (SSSR count). The summed E-state index contributed by atoms with van der Waals surface area (Å²) in [7, 11) is -3.16. The second-order valence-corrected chi connectivity index (χ2v) is 14.1. The summed E-state index contributed by atoms with van der Waals surface area (Å²) < 4.78 is 26.9. The summed E-state index contributed by atoms with van der Waals surface area (Å²) in [5, 5.41) is 14.2. The molecule has 0 aliphatic carbocycles. The van der Waals surface area contributed by atoms with E-state index in [4.69, 9.17) is 0 Å². The summed E-state index contributed by atoms with van der Waals surface area (Å²) >= 11 is 0. The second kappa shape index (κ2) is 11.9. The van der Waals surface area contributed by atoms with Gasteiger partial charge in [0.15, 0.2) is 0 Å². The average Bonchev–Trinajstić information content (AvgIpc) is 3.14. The van der Waals surface area contributed by atoms with Crippen molar-refractivity contribution in [1.29, 1.82) is 0 Å². The predicted octanol–water partition coefficient (Wildman–Crippen LogP) is 1.49. The molecule has 0 spiro atoms. The van der Waals surface area contributed by atoms with Crippen LogP contribution in [0, 0.1) is 5.92 Å². The number of benzene rings is 1. The maximum absolute atomic E-state index is 13.4. The normalized spacial score (nSPS) is 25.5. The largest absolute Gasteiger partial charge is 0.396 e. The van der Waals surface area contributed by atoms with Crippen molar-refractivity contribution in [3.8, 4) is 0 Å². The van der Waals surface area contributed by atoms with Gasteiger partial charge in [0.1, 0.15) is 5.56 Å². The molecule has 40 heavy (non-hydrogen) atoms. The van der Waals surface area contributed by atoms with Gasteiger partial charge in [-0.05, 0) is 57.0 Å². The van der Waals surface area contributed by atoms with Gasteiger partial charge in [-0.1, -0.05) is 18.2 Å². The van der Waals surface area contributed by atoms with Gasteiger partial charge >= 0.3 is 0 Å². The highest BCUT2D eigenvalue weighted by Crippen LogP contribution is 2.36. The van der Waals surface area contributed by atoms with E-state index in [1.165, 1.54) is 10.6 Å². The number of fused-ring (bicyclic) bond motifs is 3. The Morgan fingerprint density at radius 1 is 1.05 bits per heavy atom. The van der Waals surface area contributed by atoms with E-state index < -0.39 is 10.0 Å². The first kappa shape index (κ1) is 29.2. The van der Waals surface area contributed by atoms with Crippen molar-refractivity contribution in [2.24, 2.45) is 5.92 Å². The number of carbonyl (C=O) groups excluding carboxylic acids is 1. The van der Waals surface area contributed by atoms with Gasteiger partial charge in [0.05, 0.1) is 11.8 Å². The molecule has 3 fully saturated rings. The third-order valence-corrected chi connectivity index (χ3v) is 10.3. The number of aliphatic hydroxyl groups is 1. The van der Waals surface area contributed by atoms with Crippen LogP contribution >= 0.6 is 0 Å². The Kier molecular flexibility index (Phi) is 8.68. The Balaban J connectivity index is 1.20. The molecule has 1 unspecified atom stereocenters. The van der Waals surface area contributed by atoms with Crippen molar-refractivity contribution in [2.75, 3.05) is 52.1 Å². The summed E-state index contributed by atoms with van der Waals surface area (Å²) in [5.41, 5.74) is 0.773. The minimum absolute atomic E-state index is 0.0104. The van der Waals surface area contributed by atoms with Crippen LogP contribution in [0.3, 0.4) is 0 Å². The van der Waals surface area contributed by atoms with Crippen LogP contribution in [0.2, 0.25) is 0 Å². The fraction of sp³-hybridized carbons (Fsp3) is 0.655. The van der Waals surface area contributed by atoms with Crippen molar-refractivity contribution in [2.45, 2.75) is 63.7 Å². The fourth-order valence-corrected chi connectivity index (χ4v) is 7.82. The molecule has 1 aromatic carbocycles. The molecule has 2 aromatic rings. The summed E-state index contributed by atoms with van der Waals surface area (Å²) in [4.78, 5) is 31.5. The van der Waals surface area contributed by atoms with Gasteiger partial charge in [-0.15, -0.1) is 0 Å². The number of hydrogen-bond acceptors (Lipinski definition) is 7. The van der Waals surface area contributed by atoms with Gasteiger partial charge in [-0.2, -0.15) is 4.31 Å². The maximum Gasteiger partial charge on any atom is 0.264 e. The molecule has 3 aliphatic rings. The van der Waals surface area contributed by atoms with Crippen LogP contribution in [0.4, 0.5) is 0 Å². The van der Waals surface area contributed by atoms with Crippen LogP contribution in [-0.4, -0.2) is 108 Å². The van der Waals surface area contributed by atoms with E-state index in [0.29, 0.717) is 38.3 Å². The number of sulfonamides is 1. The lowest BCUT2D eigenvalue weighted by molar-refractivity contribution is 0.0569. The lowest BCUT2D eigenvalue weighted by Gasteiger charge is -2.42. The van der Waals surface area contributed by atoms with E-state index in [1.807, 2.05) is 38.1 Å². The second-order valence-electron chi connectivity index (χ2n) is 12.1. The Morgan fingerprint density at radius 3 is 2.30 bits per heavy atom. The molecule has 3 saturated heterocycles. The third kappa shape index (κ3) is 6.13. The number of piperidine rings is 1. The number of rotatable bonds is 9. The Bertz CT molecular complexity index is 1370. The number of pyridine rings is 1. The zero-order valence-corrected chi connectivity index (χ0v) is 24.6. The third-order valence-electron chi connectivity index (χ3n) is 8.97. The molecule has 2 bridgehead atoms. The van der Waals surface area contributed by atoms with Crippen molar-refractivity contribution in [1.82, 2.24) is 24.0 Å². The van der Waals surface area contributed by atoms with E-state index in [-0.39, 0.29) is 41.6 Å². The van der Waals surface area contributed by atoms with Crippen LogP contribution < -0.4 is 10.9 Å².